The van der Waals surface area contributed by atoms with Gasteiger partial charge in [0.15, 0.2) is 0 Å². The lowest BCUT2D eigenvalue weighted by Crippen LogP contribution is -3.10. The SMILES string of the molecule is CC[NH+](C)CN. The minimum absolute atomic E-state index is 0.747. The van der Waals surface area contributed by atoms with Crippen molar-refractivity contribution in [1.29, 1.82) is 0 Å². The van der Waals surface area contributed by atoms with Crippen LogP contribution in [-0.4, -0.2) is 20.3 Å². The fourth-order valence-corrected chi connectivity index (χ4v) is 0.144. The Morgan fingerprint density at radius 3 is 2.17 bits per heavy atom. The van der Waals surface area contributed by atoms with Gasteiger partial charge < -0.3 is 4.90 Å². The van der Waals surface area contributed by atoms with Crippen molar-refractivity contribution in [3.05, 3.63) is 0 Å². The second-order valence-electron chi connectivity index (χ2n) is 1.51. The standard InChI is InChI=1S/C4H12N2/c1-3-6(2)4-5/h3-5H2,1-2H3/p+1. The summed E-state index contributed by atoms with van der Waals surface area (Å²) in [5.74, 6) is 0. The largest absolute Gasteiger partial charge is 0.325 e. The first-order valence-electron chi connectivity index (χ1n) is 2.32. The summed E-state index contributed by atoms with van der Waals surface area (Å²) in [6.45, 7) is 3.98. The van der Waals surface area contributed by atoms with E-state index < -0.39 is 0 Å². The number of hydrogen-bond donors (Lipinski definition) is 2. The van der Waals surface area contributed by atoms with Gasteiger partial charge in [-0.25, -0.2) is 0 Å². The maximum Gasteiger partial charge on any atom is 0.128 e. The Morgan fingerprint density at radius 2 is 2.17 bits per heavy atom. The van der Waals surface area contributed by atoms with Crippen LogP contribution in [0.2, 0.25) is 0 Å². The Kier molecular flexibility index (Phi) is 3.08. The Labute approximate surface area is 38.9 Å². The molecule has 0 saturated heterocycles. The van der Waals surface area contributed by atoms with Crippen LogP contribution in [0, 0.1) is 0 Å². The Hall–Kier alpha value is -0.0800. The maximum absolute atomic E-state index is 5.25. The molecule has 0 aromatic heterocycles. The quantitative estimate of drug-likeness (QED) is 0.394. The van der Waals surface area contributed by atoms with Crippen molar-refractivity contribution in [2.24, 2.45) is 5.73 Å². The van der Waals surface area contributed by atoms with Crippen LogP contribution in [0.5, 0.6) is 0 Å². The van der Waals surface area contributed by atoms with Crippen LogP contribution < -0.4 is 10.6 Å². The molecule has 1 unspecified atom stereocenters. The summed E-state index contributed by atoms with van der Waals surface area (Å²) in [6, 6.07) is 0. The van der Waals surface area contributed by atoms with Crippen molar-refractivity contribution >= 4 is 0 Å². The predicted octanol–water partition coefficient (Wildman–Crippen LogP) is -1.56. The van der Waals surface area contributed by atoms with Gasteiger partial charge in [-0.1, -0.05) is 0 Å². The van der Waals surface area contributed by atoms with Gasteiger partial charge in [0.1, 0.15) is 6.67 Å². The zero-order valence-electron chi connectivity index (χ0n) is 4.49. The van der Waals surface area contributed by atoms with Crippen LogP contribution in [0.4, 0.5) is 0 Å². The third-order valence-electron chi connectivity index (χ3n) is 0.952. The number of hydrogen-bond acceptors (Lipinski definition) is 1. The minimum Gasteiger partial charge on any atom is -0.325 e. The zero-order valence-corrected chi connectivity index (χ0v) is 4.49. The molecule has 38 valence electrons. The van der Waals surface area contributed by atoms with Gasteiger partial charge in [-0.3, -0.25) is 5.73 Å². The molecule has 0 aliphatic heterocycles. The van der Waals surface area contributed by atoms with E-state index in [4.69, 9.17) is 5.73 Å². The molecule has 0 spiro atoms. The second kappa shape index (κ2) is 3.12. The molecule has 0 bridgehead atoms. The van der Waals surface area contributed by atoms with Crippen LogP contribution in [-0.2, 0) is 0 Å². The van der Waals surface area contributed by atoms with E-state index >= 15 is 0 Å². The number of quaternary nitrogens is 1. The van der Waals surface area contributed by atoms with E-state index in [0.29, 0.717) is 0 Å². The molecule has 2 nitrogen and oxygen atoms in total. The van der Waals surface area contributed by atoms with E-state index in [1.54, 1.807) is 0 Å². The van der Waals surface area contributed by atoms with E-state index in [-0.39, 0.29) is 0 Å². The first-order chi connectivity index (χ1) is 2.81. The number of rotatable bonds is 2. The van der Waals surface area contributed by atoms with Gasteiger partial charge in [-0.2, -0.15) is 0 Å². The zero-order chi connectivity index (χ0) is 4.99. The molecule has 1 atom stereocenters. The Morgan fingerprint density at radius 1 is 1.67 bits per heavy atom. The number of nitrogens with one attached hydrogen (secondary N) is 1. The molecule has 3 N–H and O–H groups in total. The maximum atomic E-state index is 5.25. The highest BCUT2D eigenvalue weighted by Crippen LogP contribution is 1.29. The average molecular weight is 89.2 g/mol. The molecule has 6 heavy (non-hydrogen) atoms. The third-order valence-corrected chi connectivity index (χ3v) is 0.952. The molecule has 0 heterocycles. The van der Waals surface area contributed by atoms with Gasteiger partial charge in [0, 0.05) is 0 Å². The monoisotopic (exact) mass is 89.1 g/mol. The highest BCUT2D eigenvalue weighted by atomic mass is 15.1. The van der Waals surface area contributed by atoms with Crippen molar-refractivity contribution in [3.63, 3.8) is 0 Å². The molecular weight excluding hydrogens is 76.1 g/mol. The van der Waals surface area contributed by atoms with Crippen molar-refractivity contribution in [2.45, 2.75) is 6.92 Å². The first kappa shape index (κ1) is 5.92. The highest BCUT2D eigenvalue weighted by Gasteiger charge is 1.85. The van der Waals surface area contributed by atoms with Crippen LogP contribution in [0.25, 0.3) is 0 Å². The third kappa shape index (κ3) is 2.18. The lowest BCUT2D eigenvalue weighted by molar-refractivity contribution is -0.877. The molecule has 0 rings (SSSR count). The van der Waals surface area contributed by atoms with E-state index in [9.17, 15) is 0 Å². The highest BCUT2D eigenvalue weighted by molar-refractivity contribution is 4.00. The van der Waals surface area contributed by atoms with Crippen molar-refractivity contribution in [3.8, 4) is 0 Å². The van der Waals surface area contributed by atoms with Crippen LogP contribution in [0.15, 0.2) is 0 Å². The van der Waals surface area contributed by atoms with Crippen molar-refractivity contribution in [1.82, 2.24) is 0 Å². The smallest absolute Gasteiger partial charge is 0.128 e. The lowest BCUT2D eigenvalue weighted by atomic mass is 10.7. The molecule has 0 saturated carbocycles. The van der Waals surface area contributed by atoms with Gasteiger partial charge in [-0.05, 0) is 6.92 Å². The second-order valence-corrected chi connectivity index (χ2v) is 1.51. The molecule has 0 amide bonds. The minimum atomic E-state index is 0.747. The Bertz CT molecular complexity index is 24.7. The summed E-state index contributed by atoms with van der Waals surface area (Å²) < 4.78 is 0. The average Bonchev–Trinajstić information content (AvgIpc) is 1.65. The van der Waals surface area contributed by atoms with Gasteiger partial charge in [0.05, 0.1) is 13.6 Å². The van der Waals surface area contributed by atoms with E-state index in [2.05, 4.69) is 14.0 Å². The predicted molar refractivity (Wildman–Crippen MR) is 26.5 cm³/mol. The van der Waals surface area contributed by atoms with Crippen LogP contribution in [0.3, 0.4) is 0 Å². The van der Waals surface area contributed by atoms with Crippen molar-refractivity contribution < 1.29 is 4.90 Å². The van der Waals surface area contributed by atoms with E-state index in [1.165, 1.54) is 4.90 Å². The summed E-state index contributed by atoms with van der Waals surface area (Å²) in [7, 11) is 2.07. The van der Waals surface area contributed by atoms with Crippen LogP contribution >= 0.6 is 0 Å². The summed E-state index contributed by atoms with van der Waals surface area (Å²) in [4.78, 5) is 1.37. The topological polar surface area (TPSA) is 30.5 Å². The lowest BCUT2D eigenvalue weighted by Gasteiger charge is -2.04. The van der Waals surface area contributed by atoms with E-state index in [1.807, 2.05) is 0 Å². The molecular formula is C4H13N2+. The van der Waals surface area contributed by atoms with Gasteiger partial charge in [-0.15, -0.1) is 0 Å². The van der Waals surface area contributed by atoms with Gasteiger partial charge in [0.25, 0.3) is 0 Å². The molecule has 0 radical (unpaired) electrons. The Balaban J connectivity index is 2.75. The summed E-state index contributed by atoms with van der Waals surface area (Å²) in [5, 5.41) is 0. The molecule has 0 aromatic rings. The fraction of sp³-hybridized carbons (Fsp3) is 1.00. The summed E-state index contributed by atoms with van der Waals surface area (Å²) in [6.07, 6.45) is 0. The molecule has 0 fully saturated rings. The van der Waals surface area contributed by atoms with Crippen LogP contribution in [0.1, 0.15) is 6.92 Å². The molecule has 0 aliphatic rings. The normalized spacial score (nSPS) is 14.5. The van der Waals surface area contributed by atoms with Gasteiger partial charge >= 0.3 is 0 Å². The summed E-state index contributed by atoms with van der Waals surface area (Å²) >= 11 is 0. The van der Waals surface area contributed by atoms with Crippen molar-refractivity contribution in [2.75, 3.05) is 20.3 Å². The van der Waals surface area contributed by atoms with Gasteiger partial charge in [0.2, 0.25) is 0 Å². The molecule has 0 aliphatic carbocycles. The summed E-state index contributed by atoms with van der Waals surface area (Å²) in [5.41, 5.74) is 5.25. The molecule has 0 aromatic carbocycles. The first-order valence-corrected chi connectivity index (χ1v) is 2.32. The fourth-order valence-electron chi connectivity index (χ4n) is 0.144. The van der Waals surface area contributed by atoms with E-state index in [0.717, 1.165) is 13.2 Å². The molecule has 2 heteroatoms. The number of nitrogens with two attached hydrogens (primary N) is 1.